The number of hydrogen-bond donors (Lipinski definition) is 1. The minimum absolute atomic E-state index is 0.135. The molecule has 1 atom stereocenters. The van der Waals surface area contributed by atoms with Crippen LogP contribution in [0.25, 0.3) is 0 Å². The molecule has 0 rings (SSSR count). The highest BCUT2D eigenvalue weighted by atomic mass is 16.5. The van der Waals surface area contributed by atoms with Gasteiger partial charge in [0.05, 0.1) is 14.2 Å². The van der Waals surface area contributed by atoms with Crippen LogP contribution < -0.4 is 0 Å². The van der Waals surface area contributed by atoms with E-state index in [1.165, 1.54) is 38.5 Å². The zero-order valence-corrected chi connectivity index (χ0v) is 15.3. The largest absolute Gasteiger partial charge is 0.467 e. The third-order valence-electron chi connectivity index (χ3n) is 4.16. The molecule has 0 aliphatic heterocycles. The Kier molecular flexibility index (Phi) is 12.2. The first-order chi connectivity index (χ1) is 11.4. The molecule has 1 unspecified atom stereocenters. The Morgan fingerprint density at radius 2 is 1.25 bits per heavy atom. The van der Waals surface area contributed by atoms with E-state index in [2.05, 4.69) is 16.4 Å². The fourth-order valence-corrected chi connectivity index (χ4v) is 2.61. The van der Waals surface area contributed by atoms with E-state index in [0.717, 1.165) is 33.5 Å². The van der Waals surface area contributed by atoms with Gasteiger partial charge in [-0.15, -0.1) is 0 Å². The second-order valence-corrected chi connectivity index (χ2v) is 6.10. The van der Waals surface area contributed by atoms with Crippen molar-refractivity contribution in [2.45, 2.75) is 83.2 Å². The van der Waals surface area contributed by atoms with E-state index in [0.29, 0.717) is 6.42 Å². The van der Waals surface area contributed by atoms with Crippen molar-refractivity contribution < 1.29 is 29.0 Å². The average molecular weight is 344 g/mol. The summed E-state index contributed by atoms with van der Waals surface area (Å²) in [5.74, 6) is -3.63. The zero-order chi connectivity index (χ0) is 18.4. The maximum absolute atomic E-state index is 11.9. The Hall–Kier alpha value is -1.43. The number of carbonyl (C=O) groups excluding carboxylic acids is 3. The number of rotatable bonds is 14. The molecule has 24 heavy (non-hydrogen) atoms. The molecule has 1 N–H and O–H groups in total. The van der Waals surface area contributed by atoms with Gasteiger partial charge >= 0.3 is 11.9 Å². The highest BCUT2D eigenvalue weighted by Crippen LogP contribution is 2.20. The number of carbonyl (C=O) groups is 3. The summed E-state index contributed by atoms with van der Waals surface area (Å²) in [7, 11) is 2.09. The summed E-state index contributed by atoms with van der Waals surface area (Å²) in [5, 5.41) is 10.2. The van der Waals surface area contributed by atoms with Crippen molar-refractivity contribution in [3.63, 3.8) is 0 Å². The fraction of sp³-hybridized carbons (Fsp3) is 0.833. The van der Waals surface area contributed by atoms with Crippen molar-refractivity contribution in [1.82, 2.24) is 0 Å². The first-order valence-corrected chi connectivity index (χ1v) is 8.87. The Morgan fingerprint density at radius 3 is 1.67 bits per heavy atom. The molecular weight excluding hydrogens is 312 g/mol. The van der Waals surface area contributed by atoms with E-state index in [-0.39, 0.29) is 6.42 Å². The van der Waals surface area contributed by atoms with Crippen LogP contribution in [0.3, 0.4) is 0 Å². The van der Waals surface area contributed by atoms with Crippen LogP contribution in [0.15, 0.2) is 0 Å². The van der Waals surface area contributed by atoms with Gasteiger partial charge in [-0.05, 0) is 12.8 Å². The van der Waals surface area contributed by atoms with Crippen LogP contribution in [0, 0.1) is 0 Å². The van der Waals surface area contributed by atoms with Crippen LogP contribution in [-0.4, -0.2) is 42.6 Å². The Bertz CT molecular complexity index is 393. The van der Waals surface area contributed by atoms with Gasteiger partial charge in [0.2, 0.25) is 5.60 Å². The smallest absolute Gasteiger partial charge is 0.378 e. The summed E-state index contributed by atoms with van der Waals surface area (Å²) < 4.78 is 8.75. The summed E-state index contributed by atoms with van der Waals surface area (Å²) in [6.45, 7) is 2.19. The highest BCUT2D eigenvalue weighted by molar-refractivity contribution is 6.41. The lowest BCUT2D eigenvalue weighted by atomic mass is 9.91. The molecule has 0 fully saturated rings. The molecule has 0 spiro atoms. The number of ether oxygens (including phenoxy) is 2. The minimum atomic E-state index is -2.44. The predicted octanol–water partition coefficient (Wildman–Crippen LogP) is 2.94. The maximum atomic E-state index is 11.9. The molecule has 0 bridgehead atoms. The number of aliphatic hydroxyl groups is 1. The summed E-state index contributed by atoms with van der Waals surface area (Å²) >= 11 is 0. The Balaban J connectivity index is 4.11. The molecule has 0 saturated heterocycles. The van der Waals surface area contributed by atoms with Crippen molar-refractivity contribution in [1.29, 1.82) is 0 Å². The van der Waals surface area contributed by atoms with Crippen molar-refractivity contribution in [3.8, 4) is 0 Å². The van der Waals surface area contributed by atoms with Crippen LogP contribution in [0.2, 0.25) is 0 Å². The maximum Gasteiger partial charge on any atom is 0.378 e. The molecule has 0 radical (unpaired) electrons. The van der Waals surface area contributed by atoms with Gasteiger partial charge in [-0.25, -0.2) is 9.59 Å². The van der Waals surface area contributed by atoms with Gasteiger partial charge in [0, 0.05) is 0 Å². The summed E-state index contributed by atoms with van der Waals surface area (Å²) in [6, 6.07) is 0. The van der Waals surface area contributed by atoms with Crippen LogP contribution in [0.1, 0.15) is 77.6 Å². The minimum Gasteiger partial charge on any atom is -0.467 e. The van der Waals surface area contributed by atoms with Crippen molar-refractivity contribution in [2.24, 2.45) is 0 Å². The topological polar surface area (TPSA) is 89.9 Å². The predicted molar refractivity (Wildman–Crippen MR) is 90.4 cm³/mol. The molecule has 6 heteroatoms. The van der Waals surface area contributed by atoms with Gasteiger partial charge in [0.25, 0.3) is 5.78 Å². The number of methoxy groups -OCH3 is 2. The quantitative estimate of drug-likeness (QED) is 0.225. The molecule has 0 aliphatic carbocycles. The zero-order valence-electron chi connectivity index (χ0n) is 15.3. The molecule has 0 heterocycles. The second-order valence-electron chi connectivity index (χ2n) is 6.10. The highest BCUT2D eigenvalue weighted by Gasteiger charge is 2.48. The molecule has 0 saturated carbocycles. The molecule has 6 nitrogen and oxygen atoms in total. The average Bonchev–Trinajstić information content (AvgIpc) is 2.60. The van der Waals surface area contributed by atoms with Gasteiger partial charge in [-0.2, -0.15) is 0 Å². The standard InChI is InChI=1S/C18H32O6/c1-4-5-6-7-8-9-10-11-12-13-14-18(22,17(21)24-3)15(19)16(20)23-2/h22H,4-14H2,1-3H3. The van der Waals surface area contributed by atoms with Crippen molar-refractivity contribution in [2.75, 3.05) is 14.2 Å². The monoisotopic (exact) mass is 344 g/mol. The van der Waals surface area contributed by atoms with Gasteiger partial charge in [0.15, 0.2) is 0 Å². The molecule has 0 aromatic carbocycles. The molecule has 0 amide bonds. The lowest BCUT2D eigenvalue weighted by Crippen LogP contribution is -2.51. The van der Waals surface area contributed by atoms with E-state index >= 15 is 0 Å². The molecule has 0 aromatic rings. The second kappa shape index (κ2) is 12.9. The Labute approximate surface area is 144 Å². The first kappa shape index (κ1) is 22.6. The lowest BCUT2D eigenvalue weighted by molar-refractivity contribution is -0.175. The van der Waals surface area contributed by atoms with E-state index in [1.54, 1.807) is 0 Å². The van der Waals surface area contributed by atoms with E-state index < -0.39 is 23.3 Å². The van der Waals surface area contributed by atoms with Gasteiger partial charge < -0.3 is 14.6 Å². The van der Waals surface area contributed by atoms with Crippen molar-refractivity contribution >= 4 is 17.7 Å². The number of hydrogen-bond acceptors (Lipinski definition) is 6. The molecule has 140 valence electrons. The summed E-state index contributed by atoms with van der Waals surface area (Å²) in [6.07, 6.45) is 10.7. The molecule has 0 aromatic heterocycles. The molecular formula is C18H32O6. The third-order valence-corrected chi connectivity index (χ3v) is 4.16. The van der Waals surface area contributed by atoms with Crippen LogP contribution in [0.5, 0.6) is 0 Å². The molecule has 0 aliphatic rings. The number of unbranched alkanes of at least 4 members (excludes halogenated alkanes) is 9. The Morgan fingerprint density at radius 1 is 0.792 bits per heavy atom. The number of ketones is 1. The number of esters is 2. The number of Topliss-reactive ketones (excluding diaryl/α,β-unsaturated/α-hetero) is 1. The van der Waals surface area contributed by atoms with E-state index in [4.69, 9.17) is 0 Å². The van der Waals surface area contributed by atoms with Gasteiger partial charge in [-0.1, -0.05) is 64.7 Å². The fourth-order valence-electron chi connectivity index (χ4n) is 2.61. The van der Waals surface area contributed by atoms with Gasteiger partial charge in [0.1, 0.15) is 0 Å². The summed E-state index contributed by atoms with van der Waals surface area (Å²) in [5.41, 5.74) is -2.44. The normalized spacial score (nSPS) is 13.2. The van der Waals surface area contributed by atoms with Crippen molar-refractivity contribution in [3.05, 3.63) is 0 Å². The lowest BCUT2D eigenvalue weighted by Gasteiger charge is -2.22. The first-order valence-electron chi connectivity index (χ1n) is 8.87. The van der Waals surface area contributed by atoms with Crippen LogP contribution >= 0.6 is 0 Å². The van der Waals surface area contributed by atoms with E-state index in [9.17, 15) is 19.5 Å². The van der Waals surface area contributed by atoms with Crippen LogP contribution in [-0.2, 0) is 23.9 Å². The third kappa shape index (κ3) is 7.90. The summed E-state index contributed by atoms with van der Waals surface area (Å²) in [4.78, 5) is 34.9. The van der Waals surface area contributed by atoms with Gasteiger partial charge in [-0.3, -0.25) is 4.79 Å². The SMILES string of the molecule is CCCCCCCCCCCCC(O)(C(=O)OC)C(=O)C(=O)OC. The van der Waals surface area contributed by atoms with E-state index in [1.807, 2.05) is 0 Å². The van der Waals surface area contributed by atoms with Crippen LogP contribution in [0.4, 0.5) is 0 Å².